The molecule has 0 atom stereocenters. The molecule has 1 aliphatic heterocycles. The van der Waals surface area contributed by atoms with Crippen LogP contribution in [0.5, 0.6) is 5.75 Å². The van der Waals surface area contributed by atoms with Gasteiger partial charge in [0.1, 0.15) is 12.4 Å². The molecule has 1 heterocycles. The van der Waals surface area contributed by atoms with Crippen LogP contribution in [0.3, 0.4) is 0 Å². The number of carbonyl (C=O) groups is 2. The van der Waals surface area contributed by atoms with E-state index in [4.69, 9.17) is 4.74 Å². The third-order valence-electron chi connectivity index (χ3n) is 4.48. The molecule has 6 nitrogen and oxygen atoms in total. The average molecular weight is 367 g/mol. The Hall–Kier alpha value is -2.86. The molecule has 0 aromatic heterocycles. The van der Waals surface area contributed by atoms with Crippen molar-refractivity contribution in [3.8, 4) is 5.75 Å². The van der Waals surface area contributed by atoms with E-state index in [-0.39, 0.29) is 11.8 Å². The van der Waals surface area contributed by atoms with Crippen LogP contribution < -0.4 is 10.1 Å². The Labute approximate surface area is 159 Å². The SMILES string of the molecule is O=C(CN1CCN(C(=O)c2ccccc2)CC1)NCCOc1ccccc1. The minimum atomic E-state index is -0.0190. The first kappa shape index (κ1) is 18.9. The van der Waals surface area contributed by atoms with Crippen molar-refractivity contribution in [3.63, 3.8) is 0 Å². The third-order valence-corrected chi connectivity index (χ3v) is 4.48. The van der Waals surface area contributed by atoms with Crippen molar-refractivity contribution in [1.82, 2.24) is 15.1 Å². The monoisotopic (exact) mass is 367 g/mol. The Balaban J connectivity index is 1.33. The van der Waals surface area contributed by atoms with Crippen molar-refractivity contribution in [1.29, 1.82) is 0 Å². The highest BCUT2D eigenvalue weighted by atomic mass is 16.5. The second kappa shape index (κ2) is 9.73. The number of rotatable bonds is 7. The Kier molecular flexibility index (Phi) is 6.82. The Morgan fingerprint density at radius 3 is 2.19 bits per heavy atom. The zero-order chi connectivity index (χ0) is 18.9. The number of hydrogen-bond donors (Lipinski definition) is 1. The van der Waals surface area contributed by atoms with Gasteiger partial charge in [0.25, 0.3) is 5.91 Å². The molecule has 2 aromatic rings. The number of nitrogens with zero attached hydrogens (tertiary/aromatic N) is 2. The highest BCUT2D eigenvalue weighted by Gasteiger charge is 2.23. The molecular weight excluding hydrogens is 342 g/mol. The molecule has 27 heavy (non-hydrogen) atoms. The molecule has 0 spiro atoms. The molecule has 2 amide bonds. The Morgan fingerprint density at radius 1 is 0.889 bits per heavy atom. The summed E-state index contributed by atoms with van der Waals surface area (Å²) in [5.41, 5.74) is 0.710. The minimum Gasteiger partial charge on any atom is -0.492 e. The quantitative estimate of drug-likeness (QED) is 0.756. The van der Waals surface area contributed by atoms with Gasteiger partial charge in [-0.3, -0.25) is 14.5 Å². The van der Waals surface area contributed by atoms with Gasteiger partial charge in [0.05, 0.1) is 13.1 Å². The molecule has 2 aromatic carbocycles. The van der Waals surface area contributed by atoms with Gasteiger partial charge in [-0.2, -0.15) is 0 Å². The predicted octanol–water partition coefficient (Wildman–Crippen LogP) is 1.64. The molecule has 1 saturated heterocycles. The zero-order valence-electron chi connectivity index (χ0n) is 15.3. The van der Waals surface area contributed by atoms with Gasteiger partial charge in [0.15, 0.2) is 0 Å². The maximum Gasteiger partial charge on any atom is 0.253 e. The van der Waals surface area contributed by atoms with E-state index >= 15 is 0 Å². The van der Waals surface area contributed by atoms with Crippen LogP contribution in [-0.2, 0) is 4.79 Å². The number of nitrogens with one attached hydrogen (secondary N) is 1. The van der Waals surface area contributed by atoms with E-state index in [2.05, 4.69) is 10.2 Å². The van der Waals surface area contributed by atoms with E-state index in [9.17, 15) is 9.59 Å². The van der Waals surface area contributed by atoms with E-state index in [0.29, 0.717) is 51.4 Å². The van der Waals surface area contributed by atoms with Crippen molar-refractivity contribution in [2.45, 2.75) is 0 Å². The first-order valence-electron chi connectivity index (χ1n) is 9.23. The number of piperazine rings is 1. The second-order valence-electron chi connectivity index (χ2n) is 6.45. The predicted molar refractivity (Wildman–Crippen MR) is 104 cm³/mol. The number of para-hydroxylation sites is 1. The third kappa shape index (κ3) is 5.82. The fourth-order valence-corrected chi connectivity index (χ4v) is 3.01. The summed E-state index contributed by atoms with van der Waals surface area (Å²) in [5, 5.41) is 2.87. The maximum absolute atomic E-state index is 12.4. The van der Waals surface area contributed by atoms with Gasteiger partial charge in [-0.15, -0.1) is 0 Å². The first-order chi connectivity index (χ1) is 13.2. The number of ether oxygens (including phenoxy) is 1. The lowest BCUT2D eigenvalue weighted by Gasteiger charge is -2.34. The van der Waals surface area contributed by atoms with Crippen LogP contribution in [0.2, 0.25) is 0 Å². The van der Waals surface area contributed by atoms with Gasteiger partial charge in [0.2, 0.25) is 5.91 Å². The van der Waals surface area contributed by atoms with Crippen LogP contribution >= 0.6 is 0 Å². The molecule has 1 fully saturated rings. The summed E-state index contributed by atoms with van der Waals surface area (Å²) < 4.78 is 5.56. The Morgan fingerprint density at radius 2 is 1.52 bits per heavy atom. The van der Waals surface area contributed by atoms with Gasteiger partial charge >= 0.3 is 0 Å². The smallest absolute Gasteiger partial charge is 0.253 e. The minimum absolute atomic E-state index is 0.0190. The van der Waals surface area contributed by atoms with E-state index in [1.165, 1.54) is 0 Å². The number of benzene rings is 2. The van der Waals surface area contributed by atoms with Crippen molar-refractivity contribution in [2.24, 2.45) is 0 Å². The van der Waals surface area contributed by atoms with Crippen LogP contribution in [0, 0.1) is 0 Å². The van der Waals surface area contributed by atoms with E-state index in [1.54, 1.807) is 0 Å². The van der Waals surface area contributed by atoms with Gasteiger partial charge in [-0.05, 0) is 24.3 Å². The van der Waals surface area contributed by atoms with Crippen LogP contribution in [-0.4, -0.2) is 67.5 Å². The molecule has 0 aliphatic carbocycles. The zero-order valence-corrected chi connectivity index (χ0v) is 15.3. The molecular formula is C21H25N3O3. The summed E-state index contributed by atoms with van der Waals surface area (Å²) in [6, 6.07) is 18.8. The van der Waals surface area contributed by atoms with Gasteiger partial charge in [-0.25, -0.2) is 0 Å². The topological polar surface area (TPSA) is 61.9 Å². The molecule has 6 heteroatoms. The molecule has 1 N–H and O–H groups in total. The lowest BCUT2D eigenvalue weighted by atomic mass is 10.2. The van der Waals surface area contributed by atoms with Gasteiger partial charge in [-0.1, -0.05) is 36.4 Å². The summed E-state index contributed by atoms with van der Waals surface area (Å²) >= 11 is 0. The van der Waals surface area contributed by atoms with E-state index in [1.807, 2.05) is 65.6 Å². The van der Waals surface area contributed by atoms with Crippen LogP contribution in [0.4, 0.5) is 0 Å². The molecule has 0 radical (unpaired) electrons. The molecule has 142 valence electrons. The highest BCUT2D eigenvalue weighted by molar-refractivity contribution is 5.94. The number of hydrogen-bond acceptors (Lipinski definition) is 4. The number of carbonyl (C=O) groups excluding carboxylic acids is 2. The first-order valence-corrected chi connectivity index (χ1v) is 9.23. The standard InChI is InChI=1S/C21H25N3O3/c25-20(22-11-16-27-19-9-5-2-6-10-19)17-23-12-14-24(15-13-23)21(26)18-7-3-1-4-8-18/h1-10H,11-17H2,(H,22,25). The molecule has 0 unspecified atom stereocenters. The van der Waals surface area contributed by atoms with Crippen molar-refractivity contribution < 1.29 is 14.3 Å². The fourth-order valence-electron chi connectivity index (χ4n) is 3.01. The van der Waals surface area contributed by atoms with Gasteiger partial charge in [0, 0.05) is 31.7 Å². The van der Waals surface area contributed by atoms with E-state index < -0.39 is 0 Å². The second-order valence-corrected chi connectivity index (χ2v) is 6.45. The van der Waals surface area contributed by atoms with Crippen LogP contribution in [0.25, 0.3) is 0 Å². The van der Waals surface area contributed by atoms with Crippen LogP contribution in [0.15, 0.2) is 60.7 Å². The van der Waals surface area contributed by atoms with Gasteiger partial charge < -0.3 is 15.0 Å². The van der Waals surface area contributed by atoms with Crippen molar-refractivity contribution in [3.05, 3.63) is 66.2 Å². The molecule has 0 bridgehead atoms. The van der Waals surface area contributed by atoms with Crippen LogP contribution in [0.1, 0.15) is 10.4 Å². The largest absolute Gasteiger partial charge is 0.492 e. The average Bonchev–Trinajstić information content (AvgIpc) is 2.73. The van der Waals surface area contributed by atoms with Crippen molar-refractivity contribution >= 4 is 11.8 Å². The fraction of sp³-hybridized carbons (Fsp3) is 0.333. The summed E-state index contributed by atoms with van der Waals surface area (Å²) in [7, 11) is 0. The molecule has 0 saturated carbocycles. The summed E-state index contributed by atoms with van der Waals surface area (Å²) in [6.07, 6.45) is 0. The summed E-state index contributed by atoms with van der Waals surface area (Å²) in [5.74, 6) is 0.832. The highest BCUT2D eigenvalue weighted by Crippen LogP contribution is 2.09. The maximum atomic E-state index is 12.4. The summed E-state index contributed by atoms with van der Waals surface area (Å²) in [6.45, 7) is 3.93. The lowest BCUT2D eigenvalue weighted by Crippen LogP contribution is -2.51. The number of amides is 2. The molecule has 3 rings (SSSR count). The molecule has 1 aliphatic rings. The Bertz CT molecular complexity index is 729. The van der Waals surface area contributed by atoms with E-state index in [0.717, 1.165) is 5.75 Å². The normalized spacial score (nSPS) is 14.6. The lowest BCUT2D eigenvalue weighted by molar-refractivity contribution is -0.122. The summed E-state index contributed by atoms with van der Waals surface area (Å²) in [4.78, 5) is 28.4. The van der Waals surface area contributed by atoms with Crippen molar-refractivity contribution in [2.75, 3.05) is 45.9 Å².